The van der Waals surface area contributed by atoms with Gasteiger partial charge in [0, 0.05) is 12.6 Å². The molecule has 8 nitrogen and oxygen atoms in total. The number of rotatable bonds is 4. The van der Waals surface area contributed by atoms with Gasteiger partial charge in [-0.15, -0.1) is 0 Å². The van der Waals surface area contributed by atoms with Crippen molar-refractivity contribution in [3.63, 3.8) is 0 Å². The number of aromatic amines is 1. The van der Waals surface area contributed by atoms with Gasteiger partial charge in [-0.1, -0.05) is 30.3 Å². The number of benzene rings is 1. The number of ether oxygens (including phenoxy) is 1. The van der Waals surface area contributed by atoms with E-state index >= 15 is 0 Å². The zero-order valence-electron chi connectivity index (χ0n) is 11.8. The minimum atomic E-state index is -0.735. The van der Waals surface area contributed by atoms with Gasteiger partial charge in [0.25, 0.3) is 5.91 Å². The minimum Gasteiger partial charge on any atom is -0.451 e. The van der Waals surface area contributed by atoms with Gasteiger partial charge in [0.05, 0.1) is 5.69 Å². The largest absolute Gasteiger partial charge is 0.451 e. The molecule has 1 heterocycles. The maximum atomic E-state index is 11.8. The Morgan fingerprint density at radius 1 is 1.23 bits per heavy atom. The third-order valence-corrected chi connectivity index (χ3v) is 2.68. The average Bonchev–Trinajstić information content (AvgIpc) is 3.03. The summed E-state index contributed by atoms with van der Waals surface area (Å²) in [6.45, 7) is -0.564. The highest BCUT2D eigenvalue weighted by molar-refractivity contribution is 5.96. The van der Waals surface area contributed by atoms with Crippen LogP contribution >= 0.6 is 0 Å². The molecule has 0 saturated heterocycles. The topological polar surface area (TPSA) is 113 Å². The first-order valence-electron chi connectivity index (χ1n) is 6.39. The van der Waals surface area contributed by atoms with E-state index in [-0.39, 0.29) is 5.69 Å². The number of imide groups is 1. The van der Waals surface area contributed by atoms with Crippen molar-refractivity contribution in [1.82, 2.24) is 20.8 Å². The molecule has 3 N–H and O–H groups in total. The van der Waals surface area contributed by atoms with Gasteiger partial charge in [0.1, 0.15) is 5.69 Å². The quantitative estimate of drug-likeness (QED) is 0.719. The predicted octanol–water partition coefficient (Wildman–Crippen LogP) is 0.689. The molecule has 0 radical (unpaired) electrons. The van der Waals surface area contributed by atoms with Crippen molar-refractivity contribution in [2.24, 2.45) is 0 Å². The van der Waals surface area contributed by atoms with Crippen LogP contribution in [0, 0.1) is 0 Å². The molecule has 0 aliphatic heterocycles. The van der Waals surface area contributed by atoms with E-state index in [4.69, 9.17) is 4.74 Å². The summed E-state index contributed by atoms with van der Waals surface area (Å²) < 4.78 is 4.78. The summed E-state index contributed by atoms with van der Waals surface area (Å²) in [5.74, 6) is -1.46. The maximum absolute atomic E-state index is 11.8. The zero-order chi connectivity index (χ0) is 15.9. The number of H-pyrrole nitrogens is 1. The Labute approximate surface area is 125 Å². The van der Waals surface area contributed by atoms with Gasteiger partial charge >= 0.3 is 12.0 Å². The molecule has 0 aliphatic rings. The van der Waals surface area contributed by atoms with E-state index in [9.17, 15) is 14.4 Å². The van der Waals surface area contributed by atoms with E-state index in [0.29, 0.717) is 5.69 Å². The van der Waals surface area contributed by atoms with Crippen LogP contribution in [0.1, 0.15) is 10.5 Å². The van der Waals surface area contributed by atoms with Gasteiger partial charge in [0.2, 0.25) is 0 Å². The number of esters is 1. The fraction of sp³-hybridized carbons (Fsp3) is 0.143. The number of carbonyl (C=O) groups is 3. The fourth-order valence-corrected chi connectivity index (χ4v) is 1.62. The van der Waals surface area contributed by atoms with Crippen LogP contribution in [0.25, 0.3) is 11.3 Å². The molecule has 2 aromatic rings. The van der Waals surface area contributed by atoms with Gasteiger partial charge in [0.15, 0.2) is 6.61 Å². The highest BCUT2D eigenvalue weighted by atomic mass is 16.5. The Kier molecular flexibility index (Phi) is 4.86. The standard InChI is InChI=1S/C14H14N4O4/c1-15-14(21)16-12(19)8-22-13(20)11-7-10(17-18-11)9-5-3-2-4-6-9/h2-7H,8H2,1H3,(H,17,18)(H2,15,16,19,21). The highest BCUT2D eigenvalue weighted by Crippen LogP contribution is 2.17. The third kappa shape index (κ3) is 3.92. The van der Waals surface area contributed by atoms with Crippen molar-refractivity contribution in [3.8, 4) is 11.3 Å². The summed E-state index contributed by atoms with van der Waals surface area (Å²) in [6, 6.07) is 10.1. The lowest BCUT2D eigenvalue weighted by Gasteiger charge is -2.03. The Bertz CT molecular complexity index is 681. The molecule has 1 aromatic heterocycles. The lowest BCUT2D eigenvalue weighted by molar-refractivity contribution is -0.123. The van der Waals surface area contributed by atoms with E-state index in [1.54, 1.807) is 0 Å². The Balaban J connectivity index is 1.92. The van der Waals surface area contributed by atoms with Gasteiger partial charge in [-0.2, -0.15) is 5.10 Å². The molecule has 0 atom stereocenters. The lowest BCUT2D eigenvalue weighted by atomic mass is 10.1. The SMILES string of the molecule is CNC(=O)NC(=O)COC(=O)c1cc(-c2ccccc2)n[nH]1. The normalized spacial score (nSPS) is 9.86. The molecular weight excluding hydrogens is 288 g/mol. The maximum Gasteiger partial charge on any atom is 0.356 e. The van der Waals surface area contributed by atoms with Crippen molar-refractivity contribution >= 4 is 17.9 Å². The third-order valence-electron chi connectivity index (χ3n) is 2.68. The smallest absolute Gasteiger partial charge is 0.356 e. The molecule has 2 rings (SSSR count). The number of nitrogens with zero attached hydrogens (tertiary/aromatic N) is 1. The van der Waals surface area contributed by atoms with Crippen LogP contribution in [-0.4, -0.2) is 41.8 Å². The number of hydrogen-bond acceptors (Lipinski definition) is 5. The number of carbonyl (C=O) groups excluding carboxylic acids is 3. The van der Waals surface area contributed by atoms with Crippen molar-refractivity contribution < 1.29 is 19.1 Å². The number of hydrogen-bond donors (Lipinski definition) is 3. The van der Waals surface area contributed by atoms with Crippen LogP contribution in [0.3, 0.4) is 0 Å². The van der Waals surface area contributed by atoms with Crippen molar-refractivity contribution in [3.05, 3.63) is 42.1 Å². The molecule has 0 aliphatic carbocycles. The molecule has 3 amide bonds. The van der Waals surface area contributed by atoms with Crippen LogP contribution in [0.15, 0.2) is 36.4 Å². The van der Waals surface area contributed by atoms with Gasteiger partial charge < -0.3 is 10.1 Å². The lowest BCUT2D eigenvalue weighted by Crippen LogP contribution is -2.39. The summed E-state index contributed by atoms with van der Waals surface area (Å²) in [5, 5.41) is 10.7. The zero-order valence-corrected chi connectivity index (χ0v) is 11.8. The molecule has 0 spiro atoms. The first-order chi connectivity index (χ1) is 10.6. The van der Waals surface area contributed by atoms with Crippen molar-refractivity contribution in [2.75, 3.05) is 13.7 Å². The first-order valence-corrected chi connectivity index (χ1v) is 6.39. The first kappa shape index (κ1) is 15.2. The molecule has 8 heteroatoms. The second-order valence-corrected chi connectivity index (χ2v) is 4.24. The van der Waals surface area contributed by atoms with E-state index in [1.165, 1.54) is 13.1 Å². The second kappa shape index (κ2) is 7.02. The summed E-state index contributed by atoms with van der Waals surface area (Å²) >= 11 is 0. The van der Waals surface area contributed by atoms with Crippen LogP contribution < -0.4 is 10.6 Å². The molecule has 114 valence electrons. The highest BCUT2D eigenvalue weighted by Gasteiger charge is 2.14. The van der Waals surface area contributed by atoms with Crippen LogP contribution in [0.2, 0.25) is 0 Å². The van der Waals surface area contributed by atoms with Gasteiger partial charge in [-0.05, 0) is 6.07 Å². The number of amides is 3. The van der Waals surface area contributed by atoms with Crippen molar-refractivity contribution in [1.29, 1.82) is 0 Å². The van der Waals surface area contributed by atoms with E-state index < -0.39 is 24.5 Å². The molecular formula is C14H14N4O4. The summed E-state index contributed by atoms with van der Waals surface area (Å²) in [6.07, 6.45) is 0. The molecule has 0 fully saturated rings. The molecule has 0 bridgehead atoms. The molecule has 0 saturated carbocycles. The minimum absolute atomic E-state index is 0.117. The van der Waals surface area contributed by atoms with E-state index in [0.717, 1.165) is 5.56 Å². The molecule has 22 heavy (non-hydrogen) atoms. The average molecular weight is 302 g/mol. The van der Waals surface area contributed by atoms with Crippen LogP contribution in [0.5, 0.6) is 0 Å². The number of nitrogens with one attached hydrogen (secondary N) is 3. The molecule has 1 aromatic carbocycles. The van der Waals surface area contributed by atoms with Crippen LogP contribution in [-0.2, 0) is 9.53 Å². The number of urea groups is 1. The van der Waals surface area contributed by atoms with Gasteiger partial charge in [-0.3, -0.25) is 15.2 Å². The van der Waals surface area contributed by atoms with E-state index in [2.05, 4.69) is 15.5 Å². The summed E-state index contributed by atoms with van der Waals surface area (Å²) in [5.41, 5.74) is 1.55. The second-order valence-electron chi connectivity index (χ2n) is 4.24. The van der Waals surface area contributed by atoms with Crippen molar-refractivity contribution in [2.45, 2.75) is 0 Å². The summed E-state index contributed by atoms with van der Waals surface area (Å²) in [7, 11) is 1.37. The van der Waals surface area contributed by atoms with Gasteiger partial charge in [-0.25, -0.2) is 9.59 Å². The molecule has 0 unspecified atom stereocenters. The van der Waals surface area contributed by atoms with E-state index in [1.807, 2.05) is 35.6 Å². The fourth-order valence-electron chi connectivity index (χ4n) is 1.62. The van der Waals surface area contributed by atoms with Crippen LogP contribution in [0.4, 0.5) is 4.79 Å². The summed E-state index contributed by atoms with van der Waals surface area (Å²) in [4.78, 5) is 34.0. The Morgan fingerprint density at radius 2 is 1.95 bits per heavy atom. The predicted molar refractivity (Wildman–Crippen MR) is 76.9 cm³/mol. The Hall–Kier alpha value is -3.16. The number of aromatic nitrogens is 2. The Morgan fingerprint density at radius 3 is 2.64 bits per heavy atom. The monoisotopic (exact) mass is 302 g/mol.